The molecule has 3 rings (SSSR count). The van der Waals surface area contributed by atoms with Crippen LogP contribution in [0.2, 0.25) is 5.02 Å². The first-order chi connectivity index (χ1) is 12.6. The Labute approximate surface area is 157 Å². The second-order valence-electron chi connectivity index (χ2n) is 6.66. The molecule has 0 unspecified atom stereocenters. The largest absolute Gasteiger partial charge is 0.394 e. The summed E-state index contributed by atoms with van der Waals surface area (Å²) in [6, 6.07) is 6.96. The van der Waals surface area contributed by atoms with E-state index in [4.69, 9.17) is 16.3 Å². The molecule has 6 nitrogen and oxygen atoms in total. The summed E-state index contributed by atoms with van der Waals surface area (Å²) in [5.41, 5.74) is 0.846. The fourth-order valence-electron chi connectivity index (χ4n) is 2.85. The Kier molecular flexibility index (Phi) is 6.29. The van der Waals surface area contributed by atoms with Gasteiger partial charge in [0.05, 0.1) is 25.2 Å². The molecule has 3 N–H and O–H groups in total. The number of carbonyl (C=O) groups is 2. The zero-order valence-electron chi connectivity index (χ0n) is 14.4. The summed E-state index contributed by atoms with van der Waals surface area (Å²) >= 11 is 6.07. The van der Waals surface area contributed by atoms with Gasteiger partial charge in [-0.25, -0.2) is 0 Å². The van der Waals surface area contributed by atoms with Crippen molar-refractivity contribution in [3.63, 3.8) is 0 Å². The maximum atomic E-state index is 12.1. The number of carbonyl (C=O) groups excluding carboxylic acids is 2. The fourth-order valence-corrected chi connectivity index (χ4v) is 3.06. The van der Waals surface area contributed by atoms with Crippen molar-refractivity contribution < 1.29 is 19.4 Å². The molecule has 140 valence electrons. The van der Waals surface area contributed by atoms with Gasteiger partial charge in [0, 0.05) is 17.5 Å². The van der Waals surface area contributed by atoms with E-state index in [-0.39, 0.29) is 36.8 Å². The van der Waals surface area contributed by atoms with E-state index in [1.54, 1.807) is 18.2 Å². The van der Waals surface area contributed by atoms with E-state index in [9.17, 15) is 14.7 Å². The normalized spacial score (nSPS) is 24.9. The summed E-state index contributed by atoms with van der Waals surface area (Å²) in [6.07, 6.45) is 4.55. The van der Waals surface area contributed by atoms with Crippen molar-refractivity contribution in [2.45, 2.75) is 44.1 Å². The summed E-state index contributed by atoms with van der Waals surface area (Å²) in [5.74, 6) is -0.0783. The number of ether oxygens (including phenoxy) is 1. The first-order valence-electron chi connectivity index (χ1n) is 8.82. The zero-order chi connectivity index (χ0) is 18.5. The smallest absolute Gasteiger partial charge is 0.223 e. The standard InChI is InChI=1S/C19H23ClN2O4/c20-15-4-2-1-3-13(15)10-21-18(24)9-14-7-8-16(17(11-23)26-14)22-19(25)12-5-6-12/h1-4,7-8,12,14,16-17,23H,5-6,9-11H2,(H,21,24)(H,22,25)/t14-,16-,17+/m0/s1. The van der Waals surface area contributed by atoms with E-state index < -0.39 is 12.2 Å². The van der Waals surface area contributed by atoms with Gasteiger partial charge in [-0.05, 0) is 24.5 Å². The van der Waals surface area contributed by atoms with Gasteiger partial charge >= 0.3 is 0 Å². The highest BCUT2D eigenvalue weighted by Gasteiger charge is 2.34. The molecule has 1 fully saturated rings. The van der Waals surface area contributed by atoms with Crippen LogP contribution in [-0.2, 0) is 20.9 Å². The number of aliphatic hydroxyl groups excluding tert-OH is 1. The molecule has 1 aromatic carbocycles. The van der Waals surface area contributed by atoms with Gasteiger partial charge in [-0.3, -0.25) is 9.59 Å². The predicted octanol–water partition coefficient (Wildman–Crippen LogP) is 1.56. The van der Waals surface area contributed by atoms with Crippen LogP contribution in [0.1, 0.15) is 24.8 Å². The van der Waals surface area contributed by atoms with Crippen molar-refractivity contribution in [2.24, 2.45) is 5.92 Å². The highest BCUT2D eigenvalue weighted by Crippen LogP contribution is 2.29. The molecule has 0 radical (unpaired) electrons. The number of nitrogens with one attached hydrogen (secondary N) is 2. The summed E-state index contributed by atoms with van der Waals surface area (Å²) in [5, 5.41) is 15.8. The van der Waals surface area contributed by atoms with Crippen molar-refractivity contribution in [2.75, 3.05) is 6.61 Å². The van der Waals surface area contributed by atoms with Crippen LogP contribution in [0, 0.1) is 5.92 Å². The van der Waals surface area contributed by atoms with Gasteiger partial charge < -0.3 is 20.5 Å². The highest BCUT2D eigenvalue weighted by molar-refractivity contribution is 6.31. The molecule has 1 saturated carbocycles. The van der Waals surface area contributed by atoms with Crippen molar-refractivity contribution in [1.29, 1.82) is 0 Å². The van der Waals surface area contributed by atoms with E-state index in [0.717, 1.165) is 18.4 Å². The molecule has 2 aliphatic rings. The van der Waals surface area contributed by atoms with Crippen LogP contribution in [-0.4, -0.2) is 41.8 Å². The lowest BCUT2D eigenvalue weighted by molar-refractivity contribution is -0.128. The Bertz CT molecular complexity index is 690. The number of hydrogen-bond acceptors (Lipinski definition) is 4. The maximum Gasteiger partial charge on any atom is 0.223 e. The monoisotopic (exact) mass is 378 g/mol. The lowest BCUT2D eigenvalue weighted by Crippen LogP contribution is -2.49. The Morgan fingerprint density at radius 3 is 2.69 bits per heavy atom. The number of halogens is 1. The third-order valence-corrected chi connectivity index (χ3v) is 4.91. The lowest BCUT2D eigenvalue weighted by atomic mass is 10.0. The molecule has 1 aliphatic heterocycles. The van der Waals surface area contributed by atoms with Crippen LogP contribution in [0.3, 0.4) is 0 Å². The van der Waals surface area contributed by atoms with Gasteiger partial charge in [0.1, 0.15) is 6.10 Å². The minimum atomic E-state index is -0.552. The number of hydrogen-bond donors (Lipinski definition) is 3. The number of aliphatic hydroxyl groups is 1. The van der Waals surface area contributed by atoms with E-state index in [2.05, 4.69) is 10.6 Å². The van der Waals surface area contributed by atoms with Crippen LogP contribution in [0.4, 0.5) is 0 Å². The fraction of sp³-hybridized carbons (Fsp3) is 0.474. The summed E-state index contributed by atoms with van der Waals surface area (Å²) in [4.78, 5) is 24.0. The average molecular weight is 379 g/mol. The summed E-state index contributed by atoms with van der Waals surface area (Å²) in [6.45, 7) is 0.121. The minimum absolute atomic E-state index is 0.00219. The second-order valence-corrected chi connectivity index (χ2v) is 7.07. The average Bonchev–Trinajstić information content (AvgIpc) is 3.47. The molecule has 0 spiro atoms. The molecule has 1 aliphatic carbocycles. The molecule has 1 aromatic rings. The van der Waals surface area contributed by atoms with E-state index in [1.165, 1.54) is 0 Å². The van der Waals surface area contributed by atoms with Crippen LogP contribution in [0.15, 0.2) is 36.4 Å². The minimum Gasteiger partial charge on any atom is -0.394 e. The Hall–Kier alpha value is -1.89. The molecule has 26 heavy (non-hydrogen) atoms. The molecular weight excluding hydrogens is 356 g/mol. The lowest BCUT2D eigenvalue weighted by Gasteiger charge is -2.31. The number of rotatable bonds is 7. The third kappa shape index (κ3) is 5.06. The topological polar surface area (TPSA) is 87.7 Å². The number of benzene rings is 1. The third-order valence-electron chi connectivity index (χ3n) is 4.54. The van der Waals surface area contributed by atoms with Crippen LogP contribution >= 0.6 is 11.6 Å². The second kappa shape index (κ2) is 8.66. The van der Waals surface area contributed by atoms with Crippen LogP contribution in [0.25, 0.3) is 0 Å². The molecule has 0 bridgehead atoms. The van der Waals surface area contributed by atoms with Crippen molar-refractivity contribution in [1.82, 2.24) is 10.6 Å². The van der Waals surface area contributed by atoms with E-state index in [0.29, 0.717) is 11.6 Å². The molecule has 3 atom stereocenters. The molecular formula is C19H23ClN2O4. The van der Waals surface area contributed by atoms with Crippen molar-refractivity contribution in [3.05, 3.63) is 47.0 Å². The summed E-state index contributed by atoms with van der Waals surface area (Å²) in [7, 11) is 0. The predicted molar refractivity (Wildman–Crippen MR) is 97.5 cm³/mol. The molecule has 1 heterocycles. The van der Waals surface area contributed by atoms with Crippen molar-refractivity contribution >= 4 is 23.4 Å². The van der Waals surface area contributed by atoms with Gasteiger partial charge in [0.15, 0.2) is 0 Å². The maximum absolute atomic E-state index is 12.1. The zero-order valence-corrected chi connectivity index (χ0v) is 15.1. The van der Waals surface area contributed by atoms with Crippen molar-refractivity contribution in [3.8, 4) is 0 Å². The molecule has 0 aromatic heterocycles. The first kappa shape index (κ1) is 18.9. The van der Waals surface area contributed by atoms with Gasteiger partial charge in [-0.15, -0.1) is 0 Å². The highest BCUT2D eigenvalue weighted by atomic mass is 35.5. The van der Waals surface area contributed by atoms with Gasteiger partial charge in [-0.2, -0.15) is 0 Å². The van der Waals surface area contributed by atoms with E-state index in [1.807, 2.05) is 18.2 Å². The SMILES string of the molecule is O=C(C[C@@H]1C=C[C@H](NC(=O)C2CC2)[C@@H](CO)O1)NCc1ccccc1Cl. The Balaban J connectivity index is 1.49. The summed E-state index contributed by atoms with van der Waals surface area (Å²) < 4.78 is 5.76. The molecule has 7 heteroatoms. The number of amides is 2. The quantitative estimate of drug-likeness (QED) is 0.628. The van der Waals surface area contributed by atoms with Gasteiger partial charge in [0.25, 0.3) is 0 Å². The van der Waals surface area contributed by atoms with Gasteiger partial charge in [0.2, 0.25) is 11.8 Å². The van der Waals surface area contributed by atoms with Crippen LogP contribution < -0.4 is 10.6 Å². The Morgan fingerprint density at radius 1 is 1.23 bits per heavy atom. The Morgan fingerprint density at radius 2 is 2.00 bits per heavy atom. The van der Waals surface area contributed by atoms with E-state index >= 15 is 0 Å². The first-order valence-corrected chi connectivity index (χ1v) is 9.19. The molecule has 0 saturated heterocycles. The van der Waals surface area contributed by atoms with Gasteiger partial charge in [-0.1, -0.05) is 42.0 Å². The molecule has 2 amide bonds. The van der Waals surface area contributed by atoms with Crippen LogP contribution in [0.5, 0.6) is 0 Å².